The lowest BCUT2D eigenvalue weighted by Crippen LogP contribution is -2.48. The number of allylic oxidation sites excluding steroid dienone is 1. The smallest absolute Gasteiger partial charge is 0.326 e. The van der Waals surface area contributed by atoms with Gasteiger partial charge in [0.05, 0.1) is 9.80 Å². The van der Waals surface area contributed by atoms with Crippen LogP contribution in [0.5, 0.6) is 0 Å². The summed E-state index contributed by atoms with van der Waals surface area (Å²) in [7, 11) is -8.49. The van der Waals surface area contributed by atoms with Crippen LogP contribution in [0, 0.1) is 6.92 Å². The summed E-state index contributed by atoms with van der Waals surface area (Å²) in [4.78, 5) is 5.47. The van der Waals surface area contributed by atoms with Gasteiger partial charge in [-0.3, -0.25) is 4.57 Å². The lowest BCUT2D eigenvalue weighted by molar-refractivity contribution is -0.196. The predicted octanol–water partition coefficient (Wildman–Crippen LogP) is 5.54. The van der Waals surface area contributed by atoms with E-state index in [1.807, 2.05) is 6.92 Å². The molecule has 1 aromatic rings. The van der Waals surface area contributed by atoms with Gasteiger partial charge in [-0.25, -0.2) is 12.9 Å². The van der Waals surface area contributed by atoms with Gasteiger partial charge in [0.15, 0.2) is 4.87 Å². The Morgan fingerprint density at radius 3 is 2.34 bits per heavy atom. The van der Waals surface area contributed by atoms with E-state index in [1.165, 1.54) is 13.0 Å². The lowest BCUT2D eigenvalue weighted by Gasteiger charge is -2.36. The Balaban J connectivity index is 2.82. The number of benzene rings is 1. The second kappa shape index (κ2) is 9.15. The molecule has 1 N–H and O–H groups in total. The number of halogens is 3. The van der Waals surface area contributed by atoms with E-state index in [2.05, 4.69) is 4.52 Å². The van der Waals surface area contributed by atoms with Crippen LogP contribution >= 0.6 is 19.9 Å². The Morgan fingerprint density at radius 2 is 1.86 bits per heavy atom. The number of alkyl halides is 3. The molecule has 0 aliphatic heterocycles. The molecule has 2 atom stereocenters. The highest BCUT2D eigenvalue weighted by molar-refractivity contribution is 7.95. The van der Waals surface area contributed by atoms with E-state index in [0.29, 0.717) is 43.2 Å². The van der Waals surface area contributed by atoms with Crippen LogP contribution in [0.2, 0.25) is 0 Å². The van der Waals surface area contributed by atoms with E-state index >= 15 is 0 Å². The highest BCUT2D eigenvalue weighted by Crippen LogP contribution is 2.53. The van der Waals surface area contributed by atoms with Crippen LogP contribution in [-0.2, 0) is 25.3 Å². The molecule has 1 aliphatic carbocycles. The first-order chi connectivity index (χ1) is 13.4. The van der Waals surface area contributed by atoms with Gasteiger partial charge in [-0.15, -0.1) is 11.6 Å². The molecule has 1 fully saturated rings. The normalized spacial score (nSPS) is 18.5. The molecule has 164 valence electrons. The zero-order chi connectivity index (χ0) is 22.0. The third-order valence-corrected chi connectivity index (χ3v) is 8.58. The molecule has 0 saturated heterocycles. The number of hydrogen-bond donors (Lipinski definition) is 1. The maximum Gasteiger partial charge on any atom is 0.386 e. The van der Waals surface area contributed by atoms with E-state index < -0.39 is 40.4 Å². The molecule has 1 aliphatic rings. The van der Waals surface area contributed by atoms with E-state index in [4.69, 9.17) is 16.5 Å². The van der Waals surface area contributed by atoms with Crippen LogP contribution in [0.25, 0.3) is 0 Å². The molecular weight excluding hydrogens is 445 g/mol. The maximum absolute atomic E-state index is 14.9. The monoisotopic (exact) mass is 470 g/mol. The standard InChI is InChI=1S/C19H26ClF2O5PS/c1-4-14-12-13(3)10-11-16(14)29(25,26)17(15-8-6-7-9-15)18(20,5-2)19(21,22)27-28(23)24/h10-12,28H,4-9H2,1-3H3,(H,23,24). The largest absolute Gasteiger partial charge is 0.386 e. The average molecular weight is 471 g/mol. The molecule has 1 aromatic carbocycles. The summed E-state index contributed by atoms with van der Waals surface area (Å²) in [5.41, 5.74) is 1.66. The molecule has 29 heavy (non-hydrogen) atoms. The van der Waals surface area contributed by atoms with Crippen molar-refractivity contribution in [2.45, 2.75) is 75.2 Å². The minimum absolute atomic E-state index is 0.0778. The van der Waals surface area contributed by atoms with Crippen LogP contribution in [0.4, 0.5) is 8.78 Å². The summed E-state index contributed by atoms with van der Waals surface area (Å²) in [6.45, 7) is 4.89. The van der Waals surface area contributed by atoms with Crippen molar-refractivity contribution >= 4 is 29.7 Å². The fourth-order valence-corrected chi connectivity index (χ4v) is 6.98. The summed E-state index contributed by atoms with van der Waals surface area (Å²) >= 11 is 6.32. The van der Waals surface area contributed by atoms with Gasteiger partial charge in [0.2, 0.25) is 9.84 Å². The molecule has 0 aromatic heterocycles. The second-order valence-corrected chi connectivity index (χ2v) is 10.4. The second-order valence-electron chi connectivity index (χ2n) is 7.15. The molecule has 2 rings (SSSR count). The van der Waals surface area contributed by atoms with Gasteiger partial charge in [0.25, 0.3) is 0 Å². The quantitative estimate of drug-likeness (QED) is 0.398. The first-order valence-electron chi connectivity index (χ1n) is 9.46. The molecular formula is C19H26ClF2O5PS. The Labute approximate surface area is 176 Å². The SMILES string of the molecule is CCc1cc(C)ccc1S(=O)(=O)C(=C1CCCC1)C(Cl)(CC)C(F)(F)O[PH](=O)O. The van der Waals surface area contributed by atoms with Crippen molar-refractivity contribution in [2.24, 2.45) is 0 Å². The molecule has 0 amide bonds. The van der Waals surface area contributed by atoms with Crippen molar-refractivity contribution in [3.8, 4) is 0 Å². The predicted molar refractivity (Wildman–Crippen MR) is 109 cm³/mol. The van der Waals surface area contributed by atoms with Gasteiger partial charge in [-0.1, -0.05) is 37.1 Å². The Morgan fingerprint density at radius 1 is 1.28 bits per heavy atom. The van der Waals surface area contributed by atoms with Crippen LogP contribution in [-0.4, -0.2) is 24.3 Å². The minimum atomic E-state index is -4.42. The summed E-state index contributed by atoms with van der Waals surface area (Å²) in [5, 5.41) is 0. The molecule has 0 radical (unpaired) electrons. The van der Waals surface area contributed by atoms with Gasteiger partial charge < -0.3 is 4.89 Å². The van der Waals surface area contributed by atoms with Gasteiger partial charge >= 0.3 is 14.4 Å². The molecule has 10 heteroatoms. The van der Waals surface area contributed by atoms with Gasteiger partial charge in [0, 0.05) is 0 Å². The Bertz CT molecular complexity index is 925. The van der Waals surface area contributed by atoms with Crippen LogP contribution in [0.3, 0.4) is 0 Å². The van der Waals surface area contributed by atoms with Crippen LogP contribution < -0.4 is 0 Å². The lowest BCUT2D eigenvalue weighted by atomic mass is 9.99. The number of hydrogen-bond acceptors (Lipinski definition) is 4. The molecule has 0 heterocycles. The van der Waals surface area contributed by atoms with E-state index in [9.17, 15) is 21.8 Å². The average Bonchev–Trinajstić information content (AvgIpc) is 3.13. The van der Waals surface area contributed by atoms with Crippen molar-refractivity contribution in [1.82, 2.24) is 0 Å². The summed E-state index contributed by atoms with van der Waals surface area (Å²) in [6.07, 6.45) is -2.53. The van der Waals surface area contributed by atoms with E-state index in [1.54, 1.807) is 19.1 Å². The molecule has 2 unspecified atom stereocenters. The summed E-state index contributed by atoms with van der Waals surface area (Å²) in [5.74, 6) is 0. The highest BCUT2D eigenvalue weighted by Gasteiger charge is 2.60. The van der Waals surface area contributed by atoms with Gasteiger partial charge in [0.1, 0.15) is 0 Å². The molecule has 0 bridgehead atoms. The van der Waals surface area contributed by atoms with Crippen molar-refractivity contribution < 1.29 is 31.2 Å². The topological polar surface area (TPSA) is 80.7 Å². The number of sulfone groups is 1. The fraction of sp³-hybridized carbons (Fsp3) is 0.579. The third kappa shape index (κ3) is 4.77. The first kappa shape index (κ1) is 24.5. The zero-order valence-corrected chi connectivity index (χ0v) is 19.2. The first-order valence-corrected chi connectivity index (χ1v) is 12.6. The van der Waals surface area contributed by atoms with E-state index in [-0.39, 0.29) is 4.90 Å². The van der Waals surface area contributed by atoms with Crippen LogP contribution in [0.15, 0.2) is 33.6 Å². The zero-order valence-electron chi connectivity index (χ0n) is 16.6. The summed E-state index contributed by atoms with van der Waals surface area (Å²) < 4.78 is 72.3. The Hall–Kier alpha value is -0.790. The minimum Gasteiger partial charge on any atom is -0.326 e. The molecule has 5 nitrogen and oxygen atoms in total. The molecule has 1 saturated carbocycles. The highest BCUT2D eigenvalue weighted by atomic mass is 35.5. The van der Waals surface area contributed by atoms with Gasteiger partial charge in [-0.05, 0) is 57.1 Å². The van der Waals surface area contributed by atoms with Crippen molar-refractivity contribution in [1.29, 1.82) is 0 Å². The Kier molecular flexibility index (Phi) is 7.72. The summed E-state index contributed by atoms with van der Waals surface area (Å²) in [6, 6.07) is 4.71. The van der Waals surface area contributed by atoms with Crippen molar-refractivity contribution in [3.63, 3.8) is 0 Å². The van der Waals surface area contributed by atoms with E-state index in [0.717, 1.165) is 5.56 Å². The van der Waals surface area contributed by atoms with Crippen molar-refractivity contribution in [3.05, 3.63) is 39.8 Å². The van der Waals surface area contributed by atoms with Crippen molar-refractivity contribution in [2.75, 3.05) is 0 Å². The molecule has 0 spiro atoms. The van der Waals surface area contributed by atoms with Gasteiger partial charge in [-0.2, -0.15) is 8.78 Å². The maximum atomic E-state index is 14.9. The number of rotatable bonds is 8. The fourth-order valence-electron chi connectivity index (χ4n) is 3.76. The van der Waals surface area contributed by atoms with Crippen LogP contribution in [0.1, 0.15) is 57.1 Å². The third-order valence-electron chi connectivity index (χ3n) is 5.21. The number of aryl methyl sites for hydroxylation is 2.